The molecule has 4 rings (SSSR count). The fourth-order valence-electron chi connectivity index (χ4n) is 4.25. The van der Waals surface area contributed by atoms with Gasteiger partial charge in [0, 0.05) is 18.5 Å². The predicted molar refractivity (Wildman–Crippen MR) is 118 cm³/mol. The van der Waals surface area contributed by atoms with Crippen LogP contribution in [-0.2, 0) is 0 Å². The molecular formula is C23H25FN6O2. The molecule has 1 amide bonds. The van der Waals surface area contributed by atoms with Crippen LogP contribution in [0.4, 0.5) is 10.2 Å². The topological polar surface area (TPSA) is 123 Å². The third kappa shape index (κ3) is 4.17. The predicted octanol–water partition coefficient (Wildman–Crippen LogP) is 3.30. The van der Waals surface area contributed by atoms with Crippen molar-refractivity contribution in [3.63, 3.8) is 0 Å². The van der Waals surface area contributed by atoms with Gasteiger partial charge in [0.05, 0.1) is 12.6 Å². The van der Waals surface area contributed by atoms with Gasteiger partial charge < -0.3 is 21.1 Å². The van der Waals surface area contributed by atoms with E-state index in [1.807, 2.05) is 13.0 Å². The summed E-state index contributed by atoms with van der Waals surface area (Å²) in [5, 5.41) is 13.8. The van der Waals surface area contributed by atoms with E-state index in [1.165, 1.54) is 6.08 Å². The van der Waals surface area contributed by atoms with Gasteiger partial charge >= 0.3 is 0 Å². The molecule has 0 radical (unpaired) electrons. The first-order valence-corrected chi connectivity index (χ1v) is 10.5. The molecule has 0 bridgehead atoms. The van der Waals surface area contributed by atoms with Crippen LogP contribution in [0.25, 0.3) is 11.3 Å². The van der Waals surface area contributed by atoms with Gasteiger partial charge in [-0.05, 0) is 56.2 Å². The average molecular weight is 436 g/mol. The molecule has 1 aliphatic heterocycles. The zero-order valence-corrected chi connectivity index (χ0v) is 17.8. The highest BCUT2D eigenvalue weighted by atomic mass is 19.1. The molecule has 2 unspecified atom stereocenters. The number of benzene rings is 1. The Kier molecular flexibility index (Phi) is 5.61. The molecule has 4 N–H and O–H groups in total. The van der Waals surface area contributed by atoms with Gasteiger partial charge in [-0.25, -0.2) is 9.07 Å². The van der Waals surface area contributed by atoms with Gasteiger partial charge in [0.2, 0.25) is 0 Å². The second-order valence-corrected chi connectivity index (χ2v) is 8.35. The van der Waals surface area contributed by atoms with Gasteiger partial charge in [0.15, 0.2) is 6.19 Å². The highest BCUT2D eigenvalue weighted by Gasteiger charge is 2.29. The molecule has 9 heteroatoms. The molecule has 0 saturated carbocycles. The zero-order chi connectivity index (χ0) is 22.9. The first kappa shape index (κ1) is 21.4. The molecule has 1 aromatic heterocycles. The first-order valence-electron chi connectivity index (χ1n) is 10.5. The summed E-state index contributed by atoms with van der Waals surface area (Å²) < 4.78 is 21.3. The third-order valence-corrected chi connectivity index (χ3v) is 5.80. The van der Waals surface area contributed by atoms with Crippen LogP contribution in [-0.4, -0.2) is 39.3 Å². The number of halogens is 1. The van der Waals surface area contributed by atoms with Crippen LogP contribution < -0.4 is 16.2 Å². The summed E-state index contributed by atoms with van der Waals surface area (Å²) in [6, 6.07) is 6.88. The molecule has 1 aliphatic carbocycles. The van der Waals surface area contributed by atoms with Gasteiger partial charge in [0.25, 0.3) is 5.91 Å². The van der Waals surface area contributed by atoms with Gasteiger partial charge in [-0.3, -0.25) is 4.79 Å². The van der Waals surface area contributed by atoms with Crippen molar-refractivity contribution >= 4 is 11.7 Å². The number of hydrogen-bond acceptors (Lipinski definition) is 6. The molecule has 1 fully saturated rings. The summed E-state index contributed by atoms with van der Waals surface area (Å²) in [6.07, 6.45) is 8.81. The Morgan fingerprint density at radius 1 is 1.38 bits per heavy atom. The summed E-state index contributed by atoms with van der Waals surface area (Å²) in [5.74, 6) is -0.157. The first-order chi connectivity index (χ1) is 15.3. The molecule has 2 aliphatic rings. The van der Waals surface area contributed by atoms with Crippen LogP contribution in [0.5, 0.6) is 5.75 Å². The Morgan fingerprint density at radius 2 is 2.12 bits per heavy atom. The number of carbonyl (C=O) groups excluding carboxylic acids is 1. The maximum Gasteiger partial charge on any atom is 0.254 e. The molecule has 2 atom stereocenters. The van der Waals surface area contributed by atoms with E-state index < -0.39 is 11.5 Å². The van der Waals surface area contributed by atoms with Gasteiger partial charge in [-0.1, -0.05) is 6.08 Å². The Bertz CT molecular complexity index is 1130. The quantitative estimate of drug-likeness (QED) is 0.693. The number of nitrogens with zero attached hydrogens (tertiary/aromatic N) is 4. The smallest absolute Gasteiger partial charge is 0.254 e. The standard InChI is InChI=1S/C23H25FN6O2/c1-23(10-2-4-16(24)12-23)32-18-8-6-15(7-9-18)20-19(22(27)31)21(26)30(28-20)17-5-3-11-29(13-17)14-25/h2,4,6-10,17H,3,5,11-13,26H2,1H3,(H2,27,31). The number of rotatable bonds is 5. The highest BCUT2D eigenvalue weighted by molar-refractivity contribution is 6.03. The molecular weight excluding hydrogens is 411 g/mol. The second-order valence-electron chi connectivity index (χ2n) is 8.35. The van der Waals surface area contributed by atoms with Crippen molar-refractivity contribution in [2.45, 2.75) is 37.8 Å². The number of anilines is 1. The minimum atomic E-state index is -0.779. The van der Waals surface area contributed by atoms with E-state index in [0.29, 0.717) is 30.1 Å². The fourth-order valence-corrected chi connectivity index (χ4v) is 4.25. The van der Waals surface area contributed by atoms with Crippen LogP contribution in [0.3, 0.4) is 0 Å². The zero-order valence-electron chi connectivity index (χ0n) is 17.8. The summed E-state index contributed by atoms with van der Waals surface area (Å²) >= 11 is 0. The van der Waals surface area contributed by atoms with Crippen LogP contribution >= 0.6 is 0 Å². The van der Waals surface area contributed by atoms with E-state index in [2.05, 4.69) is 11.3 Å². The van der Waals surface area contributed by atoms with Crippen molar-refractivity contribution in [3.8, 4) is 23.2 Å². The molecule has 8 nitrogen and oxygen atoms in total. The van der Waals surface area contributed by atoms with Crippen LogP contribution in [0.1, 0.15) is 42.6 Å². The highest BCUT2D eigenvalue weighted by Crippen LogP contribution is 2.34. The Balaban J connectivity index is 1.62. The molecule has 2 heterocycles. The molecule has 0 spiro atoms. The number of carbonyl (C=O) groups is 1. The lowest BCUT2D eigenvalue weighted by molar-refractivity contribution is 0.100. The summed E-state index contributed by atoms with van der Waals surface area (Å²) in [7, 11) is 0. The number of nitriles is 1. The number of hydrogen-bond donors (Lipinski definition) is 2. The minimum absolute atomic E-state index is 0.126. The Morgan fingerprint density at radius 3 is 2.78 bits per heavy atom. The molecule has 1 saturated heterocycles. The monoisotopic (exact) mass is 436 g/mol. The van der Waals surface area contributed by atoms with E-state index in [0.717, 1.165) is 12.8 Å². The van der Waals surface area contributed by atoms with E-state index >= 15 is 0 Å². The Labute approximate surface area is 185 Å². The lowest BCUT2D eigenvalue weighted by atomic mass is 9.96. The van der Waals surface area contributed by atoms with Crippen LogP contribution in [0.15, 0.2) is 48.3 Å². The van der Waals surface area contributed by atoms with Crippen molar-refractivity contribution in [2.75, 3.05) is 18.8 Å². The second kappa shape index (κ2) is 8.38. The number of amides is 1. The number of nitrogen functional groups attached to an aromatic ring is 1. The number of ether oxygens (including phenoxy) is 1. The van der Waals surface area contributed by atoms with Gasteiger partial charge in [0.1, 0.15) is 34.3 Å². The molecule has 166 valence electrons. The molecule has 1 aromatic carbocycles. The normalized spacial score (nSPS) is 22.8. The van der Waals surface area contributed by atoms with Crippen molar-refractivity contribution < 1.29 is 13.9 Å². The lowest BCUT2D eigenvalue weighted by Crippen LogP contribution is -2.34. The summed E-state index contributed by atoms with van der Waals surface area (Å²) in [5.41, 5.74) is 12.3. The lowest BCUT2D eigenvalue weighted by Gasteiger charge is -2.29. The summed E-state index contributed by atoms with van der Waals surface area (Å²) in [6.45, 7) is 2.98. The number of nitrogens with two attached hydrogens (primary N) is 2. The van der Waals surface area contributed by atoms with Gasteiger partial charge in [-0.15, -0.1) is 0 Å². The van der Waals surface area contributed by atoms with Crippen LogP contribution in [0.2, 0.25) is 0 Å². The minimum Gasteiger partial charge on any atom is -0.483 e. The van der Waals surface area contributed by atoms with Crippen molar-refractivity contribution in [1.29, 1.82) is 5.26 Å². The van der Waals surface area contributed by atoms with Crippen molar-refractivity contribution in [3.05, 3.63) is 53.9 Å². The maximum atomic E-state index is 13.7. The van der Waals surface area contributed by atoms with E-state index in [-0.39, 0.29) is 29.7 Å². The van der Waals surface area contributed by atoms with Crippen LogP contribution in [0, 0.1) is 11.5 Å². The number of primary amides is 1. The molecule has 32 heavy (non-hydrogen) atoms. The molecule has 2 aromatic rings. The largest absolute Gasteiger partial charge is 0.483 e. The Hall–Kier alpha value is -3.80. The summed E-state index contributed by atoms with van der Waals surface area (Å²) in [4.78, 5) is 13.8. The van der Waals surface area contributed by atoms with E-state index in [9.17, 15) is 14.4 Å². The van der Waals surface area contributed by atoms with E-state index in [4.69, 9.17) is 16.2 Å². The number of aromatic nitrogens is 2. The number of piperidine rings is 1. The van der Waals surface area contributed by atoms with Crippen molar-refractivity contribution in [1.82, 2.24) is 14.7 Å². The SMILES string of the molecule is CC1(Oc2ccc(-c3nn(C4CCCN(C#N)C4)c(N)c3C(N)=O)cc2)C=CC=C(F)C1. The maximum absolute atomic E-state index is 13.7. The number of allylic oxidation sites excluding steroid dienone is 2. The van der Waals surface area contributed by atoms with E-state index in [1.54, 1.807) is 39.9 Å². The number of likely N-dealkylation sites (tertiary alicyclic amines) is 1. The van der Waals surface area contributed by atoms with Gasteiger partial charge in [-0.2, -0.15) is 10.4 Å². The van der Waals surface area contributed by atoms with Crippen molar-refractivity contribution in [2.24, 2.45) is 5.73 Å². The average Bonchev–Trinajstić information content (AvgIpc) is 3.11. The fraction of sp³-hybridized carbons (Fsp3) is 0.348. The third-order valence-electron chi connectivity index (χ3n) is 5.80.